The van der Waals surface area contributed by atoms with Crippen LogP contribution in [0.3, 0.4) is 0 Å². The maximum Gasteiger partial charge on any atom is 0.194 e. The fourth-order valence-corrected chi connectivity index (χ4v) is 3.97. The van der Waals surface area contributed by atoms with E-state index in [0.29, 0.717) is 23.0 Å². The maximum atomic E-state index is 13.4. The molecule has 0 heterocycles. The monoisotopic (exact) mass is 376 g/mol. The molecule has 3 rings (SSSR count). The number of rotatable bonds is 6. The summed E-state index contributed by atoms with van der Waals surface area (Å²) in [7, 11) is 0. The third-order valence-corrected chi connectivity index (χ3v) is 5.54. The second kappa shape index (κ2) is 9.20. The first kappa shape index (κ1) is 19.7. The third-order valence-electron chi connectivity index (χ3n) is 5.54. The van der Waals surface area contributed by atoms with Gasteiger partial charge in [-0.05, 0) is 79.2 Å². The molecule has 0 amide bonds. The highest BCUT2D eigenvalue weighted by Crippen LogP contribution is 2.38. The van der Waals surface area contributed by atoms with Crippen molar-refractivity contribution in [2.45, 2.75) is 44.4 Å². The summed E-state index contributed by atoms with van der Waals surface area (Å²) in [6, 6.07) is 9.74. The van der Waals surface area contributed by atoms with Crippen molar-refractivity contribution >= 4 is 0 Å². The van der Waals surface area contributed by atoms with Crippen LogP contribution in [0.5, 0.6) is 0 Å². The molecule has 0 atom stereocenters. The Kier molecular flexibility index (Phi) is 6.70. The van der Waals surface area contributed by atoms with Crippen molar-refractivity contribution < 1.29 is 17.6 Å². The van der Waals surface area contributed by atoms with Crippen LogP contribution in [0.25, 0.3) is 11.1 Å². The summed E-state index contributed by atoms with van der Waals surface area (Å²) < 4.78 is 52.0. The molecule has 0 nitrogen and oxygen atoms in total. The SMILES string of the molecule is FCC=CCC[C@H]1CC[C@H](c2ccc(-c3cc(F)c(F)c(F)c3)cc2)CC1. The van der Waals surface area contributed by atoms with Gasteiger partial charge < -0.3 is 0 Å². The third kappa shape index (κ3) is 5.00. The van der Waals surface area contributed by atoms with Gasteiger partial charge in [0.1, 0.15) is 6.67 Å². The highest BCUT2D eigenvalue weighted by molar-refractivity contribution is 5.64. The van der Waals surface area contributed by atoms with Gasteiger partial charge in [-0.3, -0.25) is 0 Å². The van der Waals surface area contributed by atoms with Gasteiger partial charge in [0.2, 0.25) is 0 Å². The van der Waals surface area contributed by atoms with Crippen LogP contribution in [0.4, 0.5) is 17.6 Å². The van der Waals surface area contributed by atoms with Gasteiger partial charge in [0.25, 0.3) is 0 Å². The van der Waals surface area contributed by atoms with Gasteiger partial charge in [-0.25, -0.2) is 17.6 Å². The van der Waals surface area contributed by atoms with Gasteiger partial charge in [0.05, 0.1) is 0 Å². The highest BCUT2D eigenvalue weighted by Gasteiger charge is 2.22. The minimum atomic E-state index is -1.44. The van der Waals surface area contributed by atoms with E-state index >= 15 is 0 Å². The Morgan fingerprint density at radius 2 is 1.44 bits per heavy atom. The van der Waals surface area contributed by atoms with Crippen LogP contribution in [0.2, 0.25) is 0 Å². The molecule has 2 aromatic rings. The smallest absolute Gasteiger partial charge is 0.194 e. The molecule has 1 aliphatic rings. The van der Waals surface area contributed by atoms with E-state index in [4.69, 9.17) is 0 Å². The molecular formula is C23H24F4. The number of halogens is 4. The van der Waals surface area contributed by atoms with E-state index < -0.39 is 17.5 Å². The number of benzene rings is 2. The summed E-state index contributed by atoms with van der Waals surface area (Å²) in [5.41, 5.74) is 2.24. The Bertz CT molecular complexity index is 748. The fourth-order valence-electron chi connectivity index (χ4n) is 3.97. The van der Waals surface area contributed by atoms with Gasteiger partial charge in [-0.1, -0.05) is 36.4 Å². The topological polar surface area (TPSA) is 0 Å². The molecule has 0 saturated heterocycles. The molecule has 144 valence electrons. The van der Waals surface area contributed by atoms with E-state index in [1.165, 1.54) is 18.4 Å². The van der Waals surface area contributed by atoms with Crippen molar-refractivity contribution in [1.29, 1.82) is 0 Å². The first-order valence-electron chi connectivity index (χ1n) is 9.54. The van der Waals surface area contributed by atoms with Crippen molar-refractivity contribution in [3.05, 3.63) is 71.6 Å². The summed E-state index contributed by atoms with van der Waals surface area (Å²) in [6.45, 7) is -0.389. The predicted octanol–water partition coefficient (Wildman–Crippen LogP) is 7.35. The van der Waals surface area contributed by atoms with Crippen LogP contribution in [0.15, 0.2) is 48.6 Å². The molecule has 1 saturated carbocycles. The zero-order chi connectivity index (χ0) is 19.2. The lowest BCUT2D eigenvalue weighted by Crippen LogP contribution is -2.13. The van der Waals surface area contributed by atoms with Crippen LogP contribution >= 0.6 is 0 Å². The molecule has 2 aromatic carbocycles. The summed E-state index contributed by atoms with van der Waals surface area (Å²) >= 11 is 0. The number of hydrogen-bond acceptors (Lipinski definition) is 0. The Hall–Kier alpha value is -2.10. The van der Waals surface area contributed by atoms with Gasteiger partial charge in [0, 0.05) is 0 Å². The molecule has 0 aliphatic heterocycles. The van der Waals surface area contributed by atoms with E-state index in [1.54, 1.807) is 6.08 Å². The van der Waals surface area contributed by atoms with Gasteiger partial charge in [0.15, 0.2) is 17.5 Å². The van der Waals surface area contributed by atoms with Crippen molar-refractivity contribution in [1.82, 2.24) is 0 Å². The van der Waals surface area contributed by atoms with Gasteiger partial charge in [-0.2, -0.15) is 0 Å². The standard InChI is InChI=1S/C23H24F4/c24-13-3-1-2-4-16-5-7-17(8-6-16)18-9-11-19(12-10-18)20-14-21(25)23(27)22(26)15-20/h1,3,9-12,14-17H,2,4-8,13H2/t16-,17-. The second-order valence-electron chi connectivity index (χ2n) is 7.30. The fraction of sp³-hybridized carbons (Fsp3) is 0.391. The molecule has 4 heteroatoms. The molecule has 1 fully saturated rings. The lowest BCUT2D eigenvalue weighted by atomic mass is 9.77. The second-order valence-corrected chi connectivity index (χ2v) is 7.30. The summed E-state index contributed by atoms with van der Waals surface area (Å²) in [5, 5.41) is 0. The van der Waals surface area contributed by atoms with Crippen LogP contribution in [-0.2, 0) is 0 Å². The molecule has 0 N–H and O–H groups in total. The van der Waals surface area contributed by atoms with E-state index in [0.717, 1.165) is 37.8 Å². The van der Waals surface area contributed by atoms with Gasteiger partial charge >= 0.3 is 0 Å². The van der Waals surface area contributed by atoms with E-state index in [2.05, 4.69) is 0 Å². The van der Waals surface area contributed by atoms with E-state index in [-0.39, 0.29) is 6.67 Å². The average Bonchev–Trinajstić information content (AvgIpc) is 2.70. The quantitative estimate of drug-likeness (QED) is 0.281. The molecule has 0 radical (unpaired) electrons. The summed E-state index contributed by atoms with van der Waals surface area (Å²) in [4.78, 5) is 0. The molecule has 0 spiro atoms. The normalized spacial score (nSPS) is 20.3. The molecule has 1 aliphatic carbocycles. The first-order chi connectivity index (χ1) is 13.1. The lowest BCUT2D eigenvalue weighted by molar-refractivity contribution is 0.312. The van der Waals surface area contributed by atoms with Crippen LogP contribution in [0, 0.1) is 23.4 Å². The highest BCUT2D eigenvalue weighted by atomic mass is 19.2. The summed E-state index contributed by atoms with van der Waals surface area (Å²) in [5.74, 6) is -2.58. The number of allylic oxidation sites excluding steroid dienone is 2. The number of alkyl halides is 1. The minimum Gasteiger partial charge on any atom is -0.247 e. The van der Waals surface area contributed by atoms with E-state index in [1.807, 2.05) is 30.3 Å². The van der Waals surface area contributed by atoms with E-state index in [9.17, 15) is 17.6 Å². The zero-order valence-electron chi connectivity index (χ0n) is 15.2. The van der Waals surface area contributed by atoms with Crippen LogP contribution in [-0.4, -0.2) is 6.67 Å². The summed E-state index contributed by atoms with van der Waals surface area (Å²) in [6.07, 6.45) is 10.1. The zero-order valence-corrected chi connectivity index (χ0v) is 15.2. The maximum absolute atomic E-state index is 13.4. The van der Waals surface area contributed by atoms with Crippen molar-refractivity contribution in [3.8, 4) is 11.1 Å². The van der Waals surface area contributed by atoms with Gasteiger partial charge in [-0.15, -0.1) is 0 Å². The Balaban J connectivity index is 1.59. The molecule has 0 aromatic heterocycles. The lowest BCUT2D eigenvalue weighted by Gasteiger charge is -2.28. The van der Waals surface area contributed by atoms with Crippen molar-refractivity contribution in [3.63, 3.8) is 0 Å². The minimum absolute atomic E-state index is 0.336. The van der Waals surface area contributed by atoms with Crippen LogP contribution in [0.1, 0.15) is 50.0 Å². The largest absolute Gasteiger partial charge is 0.247 e. The Morgan fingerprint density at radius 3 is 2.04 bits per heavy atom. The molecule has 27 heavy (non-hydrogen) atoms. The molecular weight excluding hydrogens is 352 g/mol. The molecule has 0 bridgehead atoms. The number of hydrogen-bond donors (Lipinski definition) is 0. The Labute approximate surface area is 157 Å². The first-order valence-corrected chi connectivity index (χ1v) is 9.54. The van der Waals surface area contributed by atoms with Crippen molar-refractivity contribution in [2.75, 3.05) is 6.67 Å². The Morgan fingerprint density at radius 1 is 0.815 bits per heavy atom. The molecule has 0 unspecified atom stereocenters. The van der Waals surface area contributed by atoms with Crippen molar-refractivity contribution in [2.24, 2.45) is 5.92 Å². The predicted molar refractivity (Wildman–Crippen MR) is 101 cm³/mol. The van der Waals surface area contributed by atoms with Crippen LogP contribution < -0.4 is 0 Å². The average molecular weight is 376 g/mol.